The number of aromatic hydroxyl groups is 1. The van der Waals surface area contributed by atoms with Gasteiger partial charge in [-0.25, -0.2) is 0 Å². The summed E-state index contributed by atoms with van der Waals surface area (Å²) >= 11 is 0. The van der Waals surface area contributed by atoms with Crippen molar-refractivity contribution in [3.63, 3.8) is 0 Å². The molecule has 0 spiro atoms. The highest BCUT2D eigenvalue weighted by Gasteiger charge is 2.20. The predicted octanol–water partition coefficient (Wildman–Crippen LogP) is 3.70. The number of phenolic OH excluding ortho intramolecular Hbond substituents is 1. The van der Waals surface area contributed by atoms with Gasteiger partial charge in [-0.15, -0.1) is 0 Å². The quantitative estimate of drug-likeness (QED) is 0.836. The number of hydrogen-bond donors (Lipinski definition) is 2. The van der Waals surface area contributed by atoms with Crippen molar-refractivity contribution >= 4 is 0 Å². The Hall–Kier alpha value is -1.02. The molecular weight excluding hydrogens is 210 g/mol. The van der Waals surface area contributed by atoms with Crippen LogP contribution in [0.15, 0.2) is 12.1 Å². The fourth-order valence-corrected chi connectivity index (χ4v) is 2.25. The van der Waals surface area contributed by atoms with Gasteiger partial charge in [0.1, 0.15) is 5.75 Å². The number of benzene rings is 1. The van der Waals surface area contributed by atoms with Crippen molar-refractivity contribution < 1.29 is 5.11 Å². The van der Waals surface area contributed by atoms with E-state index in [4.69, 9.17) is 5.73 Å². The molecule has 1 aromatic carbocycles. The second-order valence-corrected chi connectivity index (χ2v) is 5.45. The summed E-state index contributed by atoms with van der Waals surface area (Å²) in [4.78, 5) is 0. The molecule has 1 aromatic rings. The van der Waals surface area contributed by atoms with E-state index in [-0.39, 0.29) is 5.92 Å². The van der Waals surface area contributed by atoms with E-state index in [1.54, 1.807) is 0 Å². The number of nitrogens with two attached hydrogens (primary N) is 1. The minimum absolute atomic E-state index is 0.200. The fraction of sp³-hybridized carbons (Fsp3) is 0.600. The molecule has 1 atom stereocenters. The Morgan fingerprint density at radius 1 is 1.00 bits per heavy atom. The zero-order valence-electron chi connectivity index (χ0n) is 11.6. The van der Waals surface area contributed by atoms with Crippen molar-refractivity contribution in [2.75, 3.05) is 6.54 Å². The first-order chi connectivity index (χ1) is 7.90. The molecule has 0 saturated carbocycles. The molecule has 0 aliphatic rings. The fourth-order valence-electron chi connectivity index (χ4n) is 2.25. The van der Waals surface area contributed by atoms with Gasteiger partial charge in [-0.1, -0.05) is 46.8 Å². The SMILES string of the molecule is CC(C)c1ccc(C(C)C)c(C(C)CN)c1O. The summed E-state index contributed by atoms with van der Waals surface area (Å²) in [5.41, 5.74) is 9.02. The van der Waals surface area contributed by atoms with Crippen molar-refractivity contribution in [1.82, 2.24) is 0 Å². The van der Waals surface area contributed by atoms with Gasteiger partial charge in [0, 0.05) is 5.56 Å². The zero-order valence-corrected chi connectivity index (χ0v) is 11.6. The van der Waals surface area contributed by atoms with Crippen LogP contribution in [0.4, 0.5) is 0 Å². The number of rotatable bonds is 4. The van der Waals surface area contributed by atoms with Gasteiger partial charge >= 0.3 is 0 Å². The summed E-state index contributed by atoms with van der Waals surface area (Å²) in [5, 5.41) is 10.4. The summed E-state index contributed by atoms with van der Waals surface area (Å²) in [6.45, 7) is 11.1. The third kappa shape index (κ3) is 2.81. The van der Waals surface area contributed by atoms with Crippen LogP contribution in [0.1, 0.15) is 69.1 Å². The van der Waals surface area contributed by atoms with E-state index in [9.17, 15) is 5.11 Å². The summed E-state index contributed by atoms with van der Waals surface area (Å²) in [7, 11) is 0. The summed E-state index contributed by atoms with van der Waals surface area (Å²) in [6.07, 6.45) is 0. The van der Waals surface area contributed by atoms with Gasteiger partial charge in [-0.05, 0) is 35.4 Å². The van der Waals surface area contributed by atoms with E-state index >= 15 is 0 Å². The van der Waals surface area contributed by atoms with E-state index in [2.05, 4.69) is 40.7 Å². The molecule has 0 fully saturated rings. The van der Waals surface area contributed by atoms with Crippen molar-refractivity contribution in [2.24, 2.45) is 5.73 Å². The maximum atomic E-state index is 10.4. The zero-order chi connectivity index (χ0) is 13.2. The molecular formula is C15H25NO. The minimum Gasteiger partial charge on any atom is -0.507 e. The normalized spacial score (nSPS) is 13.4. The molecule has 0 aliphatic heterocycles. The molecule has 1 unspecified atom stereocenters. The van der Waals surface area contributed by atoms with E-state index in [0.717, 1.165) is 11.1 Å². The van der Waals surface area contributed by atoms with Crippen LogP contribution >= 0.6 is 0 Å². The summed E-state index contributed by atoms with van der Waals surface area (Å²) in [6, 6.07) is 4.18. The van der Waals surface area contributed by atoms with Crippen LogP contribution in [-0.4, -0.2) is 11.7 Å². The molecule has 0 aromatic heterocycles. The largest absolute Gasteiger partial charge is 0.507 e. The number of phenols is 1. The van der Waals surface area contributed by atoms with Gasteiger partial charge in [0.05, 0.1) is 0 Å². The highest BCUT2D eigenvalue weighted by Crippen LogP contribution is 2.38. The van der Waals surface area contributed by atoms with Gasteiger partial charge in [0.25, 0.3) is 0 Å². The lowest BCUT2D eigenvalue weighted by molar-refractivity contribution is 0.450. The Morgan fingerprint density at radius 3 is 1.88 bits per heavy atom. The van der Waals surface area contributed by atoms with Gasteiger partial charge in [-0.2, -0.15) is 0 Å². The van der Waals surface area contributed by atoms with Crippen molar-refractivity contribution in [3.05, 3.63) is 28.8 Å². The Labute approximate surface area is 105 Å². The molecule has 17 heavy (non-hydrogen) atoms. The third-order valence-corrected chi connectivity index (χ3v) is 3.37. The van der Waals surface area contributed by atoms with Crippen molar-refractivity contribution in [2.45, 2.75) is 52.4 Å². The molecule has 96 valence electrons. The topological polar surface area (TPSA) is 46.2 Å². The Kier molecular flexibility index (Phi) is 4.58. The maximum absolute atomic E-state index is 10.4. The van der Waals surface area contributed by atoms with Crippen LogP contribution in [0.25, 0.3) is 0 Å². The molecule has 0 amide bonds. The highest BCUT2D eigenvalue weighted by atomic mass is 16.3. The first-order valence-electron chi connectivity index (χ1n) is 6.45. The van der Waals surface area contributed by atoms with E-state index in [0.29, 0.717) is 24.1 Å². The lowest BCUT2D eigenvalue weighted by atomic mass is 9.85. The van der Waals surface area contributed by atoms with Crippen LogP contribution < -0.4 is 5.73 Å². The van der Waals surface area contributed by atoms with Gasteiger partial charge in [-0.3, -0.25) is 0 Å². The first-order valence-corrected chi connectivity index (χ1v) is 6.45. The molecule has 2 nitrogen and oxygen atoms in total. The lowest BCUT2D eigenvalue weighted by Gasteiger charge is -2.22. The monoisotopic (exact) mass is 235 g/mol. The highest BCUT2D eigenvalue weighted by molar-refractivity contribution is 5.49. The van der Waals surface area contributed by atoms with Crippen LogP contribution in [0.2, 0.25) is 0 Å². The van der Waals surface area contributed by atoms with E-state index < -0.39 is 0 Å². The molecule has 1 rings (SSSR count). The molecule has 0 aliphatic carbocycles. The predicted molar refractivity (Wildman–Crippen MR) is 73.8 cm³/mol. The Bertz CT molecular complexity index is 383. The molecule has 0 bridgehead atoms. The molecule has 0 radical (unpaired) electrons. The molecule has 0 heterocycles. The number of hydrogen-bond acceptors (Lipinski definition) is 2. The molecule has 3 N–H and O–H groups in total. The average molecular weight is 235 g/mol. The summed E-state index contributed by atoms with van der Waals surface area (Å²) in [5.74, 6) is 1.39. The van der Waals surface area contributed by atoms with Gasteiger partial charge in [0.2, 0.25) is 0 Å². The van der Waals surface area contributed by atoms with Gasteiger partial charge < -0.3 is 10.8 Å². The second-order valence-electron chi connectivity index (χ2n) is 5.45. The third-order valence-electron chi connectivity index (χ3n) is 3.37. The summed E-state index contributed by atoms with van der Waals surface area (Å²) < 4.78 is 0. The van der Waals surface area contributed by atoms with Gasteiger partial charge in [0.15, 0.2) is 0 Å². The van der Waals surface area contributed by atoms with Crippen LogP contribution in [0.3, 0.4) is 0 Å². The van der Waals surface area contributed by atoms with Crippen LogP contribution in [0, 0.1) is 0 Å². The standard InChI is InChI=1S/C15H25NO/c1-9(2)12-6-7-13(10(3)4)15(17)14(12)11(5)8-16/h6-7,9-11,17H,8,16H2,1-5H3. The van der Waals surface area contributed by atoms with E-state index in [1.807, 2.05) is 6.07 Å². The molecule has 2 heteroatoms. The van der Waals surface area contributed by atoms with E-state index in [1.165, 1.54) is 5.56 Å². The maximum Gasteiger partial charge on any atom is 0.122 e. The smallest absolute Gasteiger partial charge is 0.122 e. The van der Waals surface area contributed by atoms with Crippen LogP contribution in [-0.2, 0) is 0 Å². The Balaban J connectivity index is 3.42. The lowest BCUT2D eigenvalue weighted by Crippen LogP contribution is -2.13. The van der Waals surface area contributed by atoms with Crippen molar-refractivity contribution in [3.8, 4) is 5.75 Å². The Morgan fingerprint density at radius 2 is 1.47 bits per heavy atom. The minimum atomic E-state index is 0.200. The second kappa shape index (κ2) is 5.54. The first kappa shape index (κ1) is 14.0. The average Bonchev–Trinajstić information content (AvgIpc) is 2.26. The van der Waals surface area contributed by atoms with Crippen molar-refractivity contribution in [1.29, 1.82) is 0 Å². The van der Waals surface area contributed by atoms with Crippen LogP contribution in [0.5, 0.6) is 5.75 Å². The molecule has 0 saturated heterocycles.